The van der Waals surface area contributed by atoms with E-state index in [0.717, 1.165) is 18.1 Å². The summed E-state index contributed by atoms with van der Waals surface area (Å²) in [6.45, 7) is 2.05. The van der Waals surface area contributed by atoms with Crippen LogP contribution < -0.4 is 5.32 Å². The topological polar surface area (TPSA) is 66.4 Å². The van der Waals surface area contributed by atoms with Gasteiger partial charge in [-0.25, -0.2) is 4.79 Å². The van der Waals surface area contributed by atoms with Crippen molar-refractivity contribution < 1.29 is 14.7 Å². The van der Waals surface area contributed by atoms with Gasteiger partial charge >= 0.3 is 5.97 Å². The summed E-state index contributed by atoms with van der Waals surface area (Å²) in [6.07, 6.45) is 3.37. The first kappa shape index (κ1) is 16.8. The van der Waals surface area contributed by atoms with E-state index in [1.165, 1.54) is 6.08 Å². The summed E-state index contributed by atoms with van der Waals surface area (Å²) >= 11 is 6.08. The van der Waals surface area contributed by atoms with Crippen molar-refractivity contribution in [1.82, 2.24) is 0 Å². The predicted octanol–water partition coefficient (Wildman–Crippen LogP) is 4.25. The van der Waals surface area contributed by atoms with Crippen LogP contribution >= 0.6 is 11.6 Å². The first-order chi connectivity index (χ1) is 11.0. The number of benzene rings is 2. The number of carbonyl (C=O) groups is 2. The van der Waals surface area contributed by atoms with E-state index in [1.807, 2.05) is 19.1 Å². The van der Waals surface area contributed by atoms with Gasteiger partial charge < -0.3 is 10.4 Å². The standard InChI is InChI=1S/C18H16ClNO3/c1-2-12-3-7-14(8-4-12)18(23)20-16-11-13(5-9-15(16)19)6-10-17(21)22/h3-11H,2H2,1H3,(H,20,23)(H,21,22)/b10-6+. The van der Waals surface area contributed by atoms with Crippen molar-refractivity contribution in [2.45, 2.75) is 13.3 Å². The van der Waals surface area contributed by atoms with Crippen molar-refractivity contribution in [3.05, 3.63) is 70.3 Å². The summed E-state index contributed by atoms with van der Waals surface area (Å²) in [7, 11) is 0. The maximum atomic E-state index is 12.3. The number of rotatable bonds is 5. The lowest BCUT2D eigenvalue weighted by atomic mass is 10.1. The Balaban J connectivity index is 2.19. The highest BCUT2D eigenvalue weighted by Crippen LogP contribution is 2.24. The third-order valence-electron chi connectivity index (χ3n) is 3.28. The molecule has 0 aromatic heterocycles. The van der Waals surface area contributed by atoms with E-state index >= 15 is 0 Å². The van der Waals surface area contributed by atoms with E-state index in [4.69, 9.17) is 16.7 Å². The fourth-order valence-corrected chi connectivity index (χ4v) is 2.16. The summed E-state index contributed by atoms with van der Waals surface area (Å²) in [5.41, 5.74) is 2.75. The molecule has 2 aromatic carbocycles. The van der Waals surface area contributed by atoms with E-state index in [0.29, 0.717) is 21.8 Å². The molecule has 0 fully saturated rings. The molecule has 0 heterocycles. The Kier molecular flexibility index (Phi) is 5.55. The monoisotopic (exact) mass is 329 g/mol. The van der Waals surface area contributed by atoms with Gasteiger partial charge in [0.05, 0.1) is 10.7 Å². The molecule has 0 aliphatic heterocycles. The van der Waals surface area contributed by atoms with Gasteiger partial charge in [-0.1, -0.05) is 36.7 Å². The molecule has 5 heteroatoms. The van der Waals surface area contributed by atoms with E-state index in [2.05, 4.69) is 5.32 Å². The minimum Gasteiger partial charge on any atom is -0.478 e. The summed E-state index contributed by atoms with van der Waals surface area (Å²) in [6, 6.07) is 12.2. The van der Waals surface area contributed by atoms with Crippen LogP contribution in [0, 0.1) is 0 Å². The van der Waals surface area contributed by atoms with Crippen LogP contribution in [0.5, 0.6) is 0 Å². The maximum absolute atomic E-state index is 12.3. The molecule has 4 nitrogen and oxygen atoms in total. The molecule has 0 bridgehead atoms. The van der Waals surface area contributed by atoms with E-state index in [1.54, 1.807) is 30.3 Å². The van der Waals surface area contributed by atoms with Crippen molar-refractivity contribution in [2.24, 2.45) is 0 Å². The van der Waals surface area contributed by atoms with Crippen molar-refractivity contribution in [3.8, 4) is 0 Å². The lowest BCUT2D eigenvalue weighted by molar-refractivity contribution is -0.131. The number of carbonyl (C=O) groups excluding carboxylic acids is 1. The first-order valence-corrected chi connectivity index (χ1v) is 7.48. The van der Waals surface area contributed by atoms with Crippen LogP contribution in [0.25, 0.3) is 6.08 Å². The summed E-state index contributed by atoms with van der Waals surface area (Å²) in [4.78, 5) is 22.8. The molecular formula is C18H16ClNO3. The fourth-order valence-electron chi connectivity index (χ4n) is 2.00. The van der Waals surface area contributed by atoms with E-state index in [-0.39, 0.29) is 5.91 Å². The van der Waals surface area contributed by atoms with Gasteiger partial charge in [-0.05, 0) is 47.9 Å². The molecule has 2 rings (SSSR count). The Morgan fingerprint density at radius 2 is 1.87 bits per heavy atom. The smallest absolute Gasteiger partial charge is 0.328 e. The second kappa shape index (κ2) is 7.61. The predicted molar refractivity (Wildman–Crippen MR) is 91.9 cm³/mol. The minimum atomic E-state index is -1.04. The van der Waals surface area contributed by atoms with Crippen LogP contribution in [0.4, 0.5) is 5.69 Å². The molecule has 0 aliphatic carbocycles. The van der Waals surface area contributed by atoms with Gasteiger partial charge in [0.2, 0.25) is 0 Å². The van der Waals surface area contributed by atoms with E-state index in [9.17, 15) is 9.59 Å². The number of carboxylic acids is 1. The zero-order valence-corrected chi connectivity index (χ0v) is 13.3. The average molecular weight is 330 g/mol. The van der Waals surface area contributed by atoms with Gasteiger partial charge in [-0.15, -0.1) is 0 Å². The number of nitrogens with one attached hydrogen (secondary N) is 1. The molecule has 118 valence electrons. The summed E-state index contributed by atoms with van der Waals surface area (Å²) in [5, 5.41) is 11.8. The van der Waals surface area contributed by atoms with Crippen LogP contribution in [0.3, 0.4) is 0 Å². The third kappa shape index (κ3) is 4.69. The SMILES string of the molecule is CCc1ccc(C(=O)Nc2cc(/C=C/C(=O)O)ccc2Cl)cc1. The maximum Gasteiger partial charge on any atom is 0.328 e. The van der Waals surface area contributed by atoms with Gasteiger partial charge in [-0.2, -0.15) is 0 Å². The van der Waals surface area contributed by atoms with Crippen molar-refractivity contribution in [3.63, 3.8) is 0 Å². The Morgan fingerprint density at radius 3 is 2.48 bits per heavy atom. The van der Waals surface area contributed by atoms with Crippen LogP contribution in [0.2, 0.25) is 5.02 Å². The third-order valence-corrected chi connectivity index (χ3v) is 3.61. The molecule has 0 atom stereocenters. The molecule has 0 saturated carbocycles. The number of anilines is 1. The lowest BCUT2D eigenvalue weighted by Crippen LogP contribution is -2.12. The van der Waals surface area contributed by atoms with E-state index < -0.39 is 5.97 Å². The highest BCUT2D eigenvalue weighted by molar-refractivity contribution is 6.34. The van der Waals surface area contributed by atoms with Gasteiger partial charge in [0.15, 0.2) is 0 Å². The number of hydrogen-bond donors (Lipinski definition) is 2. The van der Waals surface area contributed by atoms with Gasteiger partial charge in [-0.3, -0.25) is 4.79 Å². The minimum absolute atomic E-state index is 0.270. The number of aryl methyl sites for hydroxylation is 1. The molecule has 0 spiro atoms. The molecule has 2 aromatic rings. The van der Waals surface area contributed by atoms with Crippen molar-refractivity contribution >= 4 is 35.2 Å². The number of aliphatic carboxylic acids is 1. The summed E-state index contributed by atoms with van der Waals surface area (Å²) in [5.74, 6) is -1.31. The number of carboxylic acid groups (broad SMARTS) is 1. The van der Waals surface area contributed by atoms with Crippen molar-refractivity contribution in [1.29, 1.82) is 0 Å². The number of amides is 1. The molecule has 0 saturated heterocycles. The zero-order valence-electron chi connectivity index (χ0n) is 12.5. The van der Waals surface area contributed by atoms with Gasteiger partial charge in [0.1, 0.15) is 0 Å². The second-order valence-corrected chi connectivity index (χ2v) is 5.32. The normalized spacial score (nSPS) is 10.7. The van der Waals surface area contributed by atoms with Crippen LogP contribution in [0.15, 0.2) is 48.5 Å². The fraction of sp³-hybridized carbons (Fsp3) is 0.111. The highest BCUT2D eigenvalue weighted by atomic mass is 35.5. The van der Waals surface area contributed by atoms with Gasteiger partial charge in [0.25, 0.3) is 5.91 Å². The molecular weight excluding hydrogens is 314 g/mol. The quantitative estimate of drug-likeness (QED) is 0.806. The van der Waals surface area contributed by atoms with Crippen LogP contribution in [-0.4, -0.2) is 17.0 Å². The molecule has 23 heavy (non-hydrogen) atoms. The number of halogens is 1. The number of hydrogen-bond acceptors (Lipinski definition) is 2. The molecule has 0 aliphatic rings. The lowest BCUT2D eigenvalue weighted by Gasteiger charge is -2.09. The Morgan fingerprint density at radius 1 is 1.17 bits per heavy atom. The highest BCUT2D eigenvalue weighted by Gasteiger charge is 2.09. The molecule has 0 unspecified atom stereocenters. The van der Waals surface area contributed by atoms with Crippen molar-refractivity contribution in [2.75, 3.05) is 5.32 Å². The molecule has 1 amide bonds. The Labute approximate surface area is 139 Å². The first-order valence-electron chi connectivity index (χ1n) is 7.10. The molecule has 0 radical (unpaired) electrons. The molecule has 2 N–H and O–H groups in total. The Hall–Kier alpha value is -2.59. The van der Waals surface area contributed by atoms with Gasteiger partial charge in [0, 0.05) is 11.6 Å². The van der Waals surface area contributed by atoms with Crippen LogP contribution in [0.1, 0.15) is 28.4 Å². The zero-order chi connectivity index (χ0) is 16.8. The second-order valence-electron chi connectivity index (χ2n) is 4.92. The summed E-state index contributed by atoms with van der Waals surface area (Å²) < 4.78 is 0. The average Bonchev–Trinajstić information content (AvgIpc) is 2.55. The Bertz CT molecular complexity index is 751. The largest absolute Gasteiger partial charge is 0.478 e. The van der Waals surface area contributed by atoms with Crippen LogP contribution in [-0.2, 0) is 11.2 Å².